The van der Waals surface area contributed by atoms with Crippen LogP contribution in [0.5, 0.6) is 0 Å². The summed E-state index contributed by atoms with van der Waals surface area (Å²) in [5.74, 6) is 0. The number of nitrogens with one attached hydrogen (secondary N) is 1. The SMILES string of the molecule is CCNc1nnc(Cn2cnc3ccccc3c2=O)s1. The molecule has 0 amide bonds. The average molecular weight is 287 g/mol. The molecule has 0 saturated carbocycles. The van der Waals surface area contributed by atoms with Crippen molar-refractivity contribution in [1.82, 2.24) is 19.7 Å². The predicted molar refractivity (Wildman–Crippen MR) is 79.2 cm³/mol. The number of nitrogens with zero attached hydrogens (tertiary/aromatic N) is 4. The van der Waals surface area contributed by atoms with Crippen molar-refractivity contribution < 1.29 is 0 Å². The molecule has 102 valence electrons. The molecular formula is C13H13N5OS. The molecule has 6 nitrogen and oxygen atoms in total. The lowest BCUT2D eigenvalue weighted by molar-refractivity contribution is 0.734. The molecule has 0 aliphatic rings. The number of anilines is 1. The highest BCUT2D eigenvalue weighted by Crippen LogP contribution is 2.15. The number of fused-ring (bicyclic) bond motifs is 1. The molecule has 2 aromatic heterocycles. The van der Waals surface area contributed by atoms with Gasteiger partial charge in [-0.25, -0.2) is 4.98 Å². The maximum atomic E-state index is 12.3. The second kappa shape index (κ2) is 5.38. The van der Waals surface area contributed by atoms with Gasteiger partial charge in [0.2, 0.25) is 5.13 Å². The molecule has 3 rings (SSSR count). The fourth-order valence-electron chi connectivity index (χ4n) is 1.90. The molecule has 0 saturated heterocycles. The number of hydrogen-bond donors (Lipinski definition) is 1. The summed E-state index contributed by atoms with van der Waals surface area (Å²) in [7, 11) is 0. The smallest absolute Gasteiger partial charge is 0.261 e. The summed E-state index contributed by atoms with van der Waals surface area (Å²) < 4.78 is 1.55. The molecule has 0 bridgehead atoms. The molecule has 1 N–H and O–H groups in total. The summed E-state index contributed by atoms with van der Waals surface area (Å²) >= 11 is 1.45. The van der Waals surface area contributed by atoms with Gasteiger partial charge in [0.25, 0.3) is 5.56 Å². The minimum Gasteiger partial charge on any atom is -0.360 e. The molecule has 0 aliphatic heterocycles. The monoisotopic (exact) mass is 287 g/mol. The molecule has 0 aliphatic carbocycles. The second-order valence-electron chi connectivity index (χ2n) is 4.23. The first-order valence-electron chi connectivity index (χ1n) is 6.28. The van der Waals surface area contributed by atoms with Gasteiger partial charge in [0.15, 0.2) is 0 Å². The van der Waals surface area contributed by atoms with Crippen LogP contribution in [0.4, 0.5) is 5.13 Å². The standard InChI is InChI=1S/C13H13N5OS/c1-2-14-13-17-16-11(20-13)7-18-8-15-10-6-4-3-5-9(10)12(18)19/h3-6,8H,2,7H2,1H3,(H,14,17). The van der Waals surface area contributed by atoms with E-state index >= 15 is 0 Å². The van der Waals surface area contributed by atoms with Crippen molar-refractivity contribution in [3.8, 4) is 0 Å². The summed E-state index contributed by atoms with van der Waals surface area (Å²) in [5.41, 5.74) is 0.648. The third kappa shape index (κ3) is 2.39. The van der Waals surface area contributed by atoms with Crippen LogP contribution < -0.4 is 10.9 Å². The summed E-state index contributed by atoms with van der Waals surface area (Å²) in [6, 6.07) is 7.32. The normalized spacial score (nSPS) is 10.8. The van der Waals surface area contributed by atoms with Gasteiger partial charge in [0, 0.05) is 6.54 Å². The predicted octanol–water partition coefficient (Wildman–Crippen LogP) is 1.73. The number of benzene rings is 1. The van der Waals surface area contributed by atoms with Crippen LogP contribution in [-0.2, 0) is 6.54 Å². The van der Waals surface area contributed by atoms with Gasteiger partial charge >= 0.3 is 0 Å². The van der Waals surface area contributed by atoms with Crippen molar-refractivity contribution in [3.63, 3.8) is 0 Å². The molecule has 7 heteroatoms. The Hall–Kier alpha value is -2.28. The van der Waals surface area contributed by atoms with Crippen LogP contribution in [-0.4, -0.2) is 26.3 Å². The number of hydrogen-bond acceptors (Lipinski definition) is 6. The molecule has 2 heterocycles. The molecule has 20 heavy (non-hydrogen) atoms. The fraction of sp³-hybridized carbons (Fsp3) is 0.231. The van der Waals surface area contributed by atoms with Gasteiger partial charge < -0.3 is 5.32 Å². The van der Waals surface area contributed by atoms with Crippen molar-refractivity contribution in [3.05, 3.63) is 46.0 Å². The molecule has 0 spiro atoms. The van der Waals surface area contributed by atoms with Crippen LogP contribution in [0.25, 0.3) is 10.9 Å². The summed E-state index contributed by atoms with van der Waals surface area (Å²) in [4.78, 5) is 16.6. The van der Waals surface area contributed by atoms with E-state index in [1.165, 1.54) is 11.3 Å². The lowest BCUT2D eigenvalue weighted by atomic mass is 10.2. The number of aromatic nitrogens is 4. The fourth-order valence-corrected chi connectivity index (χ4v) is 2.71. The molecule has 3 aromatic rings. The first-order valence-corrected chi connectivity index (χ1v) is 7.10. The quantitative estimate of drug-likeness (QED) is 0.791. The highest BCUT2D eigenvalue weighted by Gasteiger charge is 2.07. The Bertz CT molecular complexity index is 795. The third-order valence-electron chi connectivity index (χ3n) is 2.83. The lowest BCUT2D eigenvalue weighted by Crippen LogP contribution is -2.21. The van der Waals surface area contributed by atoms with Crippen LogP contribution in [0, 0.1) is 0 Å². The first-order chi connectivity index (χ1) is 9.78. The maximum absolute atomic E-state index is 12.3. The highest BCUT2D eigenvalue weighted by molar-refractivity contribution is 7.15. The second-order valence-corrected chi connectivity index (χ2v) is 5.29. The van der Waals surface area contributed by atoms with Crippen molar-refractivity contribution in [1.29, 1.82) is 0 Å². The van der Waals surface area contributed by atoms with E-state index in [2.05, 4.69) is 20.5 Å². The van der Waals surface area contributed by atoms with E-state index in [0.717, 1.165) is 16.7 Å². The van der Waals surface area contributed by atoms with Crippen molar-refractivity contribution in [2.45, 2.75) is 13.5 Å². The molecule has 0 fully saturated rings. The zero-order chi connectivity index (χ0) is 13.9. The topological polar surface area (TPSA) is 72.7 Å². The van der Waals surface area contributed by atoms with Crippen molar-refractivity contribution in [2.75, 3.05) is 11.9 Å². The zero-order valence-corrected chi connectivity index (χ0v) is 11.7. The molecular weight excluding hydrogens is 274 g/mol. The number of rotatable bonds is 4. The van der Waals surface area contributed by atoms with Gasteiger partial charge in [0.1, 0.15) is 5.01 Å². The highest BCUT2D eigenvalue weighted by atomic mass is 32.1. The van der Waals surface area contributed by atoms with E-state index in [4.69, 9.17) is 0 Å². The largest absolute Gasteiger partial charge is 0.360 e. The minimum atomic E-state index is -0.0594. The average Bonchev–Trinajstić information content (AvgIpc) is 2.90. The minimum absolute atomic E-state index is 0.0594. The van der Waals surface area contributed by atoms with Gasteiger partial charge in [-0.1, -0.05) is 23.5 Å². The van der Waals surface area contributed by atoms with Crippen LogP contribution in [0.2, 0.25) is 0 Å². The number of para-hydroxylation sites is 1. The van der Waals surface area contributed by atoms with Crippen LogP contribution >= 0.6 is 11.3 Å². The van der Waals surface area contributed by atoms with E-state index in [-0.39, 0.29) is 5.56 Å². The summed E-state index contributed by atoms with van der Waals surface area (Å²) in [6.45, 7) is 3.19. The third-order valence-corrected chi connectivity index (χ3v) is 3.70. The van der Waals surface area contributed by atoms with Gasteiger partial charge in [-0.15, -0.1) is 10.2 Å². The lowest BCUT2D eigenvalue weighted by Gasteiger charge is -2.03. The van der Waals surface area contributed by atoms with E-state index in [1.54, 1.807) is 17.0 Å². The van der Waals surface area contributed by atoms with Gasteiger partial charge in [-0.2, -0.15) is 0 Å². The molecule has 0 atom stereocenters. The van der Waals surface area contributed by atoms with E-state index < -0.39 is 0 Å². The molecule has 1 aromatic carbocycles. The Balaban J connectivity index is 1.94. The Morgan fingerprint density at radius 3 is 3.00 bits per heavy atom. The maximum Gasteiger partial charge on any atom is 0.261 e. The Kier molecular flexibility index (Phi) is 3.42. The van der Waals surface area contributed by atoms with Gasteiger partial charge in [0.05, 0.1) is 23.8 Å². The first kappa shape index (κ1) is 12.7. The molecule has 0 unspecified atom stereocenters. The van der Waals surface area contributed by atoms with E-state index in [1.807, 2.05) is 25.1 Å². The van der Waals surface area contributed by atoms with Crippen LogP contribution in [0.1, 0.15) is 11.9 Å². The van der Waals surface area contributed by atoms with Crippen LogP contribution in [0.3, 0.4) is 0 Å². The van der Waals surface area contributed by atoms with Crippen molar-refractivity contribution >= 4 is 27.4 Å². The Labute approximate surface area is 119 Å². The summed E-state index contributed by atoms with van der Waals surface area (Å²) in [5, 5.41) is 13.3. The zero-order valence-electron chi connectivity index (χ0n) is 10.9. The summed E-state index contributed by atoms with van der Waals surface area (Å²) in [6.07, 6.45) is 1.55. The van der Waals surface area contributed by atoms with Crippen molar-refractivity contribution in [2.24, 2.45) is 0 Å². The van der Waals surface area contributed by atoms with Gasteiger partial charge in [-0.05, 0) is 19.1 Å². The van der Waals surface area contributed by atoms with E-state index in [9.17, 15) is 4.79 Å². The molecule has 0 radical (unpaired) electrons. The van der Waals surface area contributed by atoms with Gasteiger partial charge in [-0.3, -0.25) is 9.36 Å². The van der Waals surface area contributed by atoms with E-state index in [0.29, 0.717) is 17.4 Å². The Morgan fingerprint density at radius 2 is 2.15 bits per heavy atom. The Morgan fingerprint density at radius 1 is 1.30 bits per heavy atom. The van der Waals surface area contributed by atoms with Crippen LogP contribution in [0.15, 0.2) is 35.4 Å².